The van der Waals surface area contributed by atoms with Crippen molar-refractivity contribution in [2.45, 2.75) is 13.8 Å². The Bertz CT molecular complexity index is 779. The molecule has 0 amide bonds. The van der Waals surface area contributed by atoms with Crippen LogP contribution in [0.3, 0.4) is 0 Å². The molecule has 1 heterocycles. The second-order valence-electron chi connectivity index (χ2n) is 5.09. The van der Waals surface area contributed by atoms with Gasteiger partial charge in [0.15, 0.2) is 0 Å². The van der Waals surface area contributed by atoms with E-state index in [1.165, 1.54) is 11.1 Å². The minimum absolute atomic E-state index is 0.725. The average Bonchev–Trinajstić information content (AvgIpc) is 2.51. The van der Waals surface area contributed by atoms with Crippen LogP contribution in [0.5, 0.6) is 0 Å². The van der Waals surface area contributed by atoms with Gasteiger partial charge in [0.05, 0.1) is 5.69 Å². The lowest BCUT2D eigenvalue weighted by Gasteiger charge is -2.10. The summed E-state index contributed by atoms with van der Waals surface area (Å²) in [4.78, 5) is 8.64. The molecule has 0 aliphatic rings. The highest BCUT2D eigenvalue weighted by atomic mass is 35.5. The number of halogens is 1. The van der Waals surface area contributed by atoms with E-state index in [0.29, 0.717) is 0 Å². The number of hydrogen-bond donors (Lipinski definition) is 0. The Hall–Kier alpha value is -2.19. The number of aryl methyl sites for hydroxylation is 2. The zero-order valence-corrected chi connectivity index (χ0v) is 12.7. The molecule has 2 aromatic carbocycles. The summed E-state index contributed by atoms with van der Waals surface area (Å²) in [7, 11) is 0. The van der Waals surface area contributed by atoms with Gasteiger partial charge in [-0.2, -0.15) is 0 Å². The molecule has 0 radical (unpaired) electrons. The number of aromatic nitrogens is 2. The van der Waals surface area contributed by atoms with E-state index in [1.807, 2.05) is 30.5 Å². The van der Waals surface area contributed by atoms with Gasteiger partial charge in [0.1, 0.15) is 6.33 Å². The molecule has 0 atom stereocenters. The summed E-state index contributed by atoms with van der Waals surface area (Å²) in [5.74, 6) is 0. The van der Waals surface area contributed by atoms with Crippen LogP contribution in [0.1, 0.15) is 11.1 Å². The average molecular weight is 295 g/mol. The second kappa shape index (κ2) is 5.66. The molecule has 0 aliphatic heterocycles. The van der Waals surface area contributed by atoms with Gasteiger partial charge in [0.25, 0.3) is 0 Å². The zero-order chi connectivity index (χ0) is 14.8. The normalized spacial score (nSPS) is 10.6. The van der Waals surface area contributed by atoms with Gasteiger partial charge in [-0.3, -0.25) is 0 Å². The molecular formula is C18H15ClN2. The highest BCUT2D eigenvalue weighted by Crippen LogP contribution is 2.31. The Kier molecular flexibility index (Phi) is 3.72. The van der Waals surface area contributed by atoms with E-state index in [0.717, 1.165) is 27.4 Å². The highest BCUT2D eigenvalue weighted by molar-refractivity contribution is 6.30. The third-order valence-electron chi connectivity index (χ3n) is 3.65. The summed E-state index contributed by atoms with van der Waals surface area (Å²) in [5, 5.41) is 0.725. The maximum Gasteiger partial charge on any atom is 0.116 e. The number of hydrogen-bond acceptors (Lipinski definition) is 2. The van der Waals surface area contributed by atoms with Gasteiger partial charge in [-0.1, -0.05) is 35.9 Å². The molecule has 0 aliphatic carbocycles. The van der Waals surface area contributed by atoms with Gasteiger partial charge < -0.3 is 0 Å². The van der Waals surface area contributed by atoms with Crippen LogP contribution in [-0.4, -0.2) is 9.97 Å². The lowest BCUT2D eigenvalue weighted by Crippen LogP contribution is -1.92. The van der Waals surface area contributed by atoms with E-state index in [9.17, 15) is 0 Å². The largest absolute Gasteiger partial charge is 0.244 e. The lowest BCUT2D eigenvalue weighted by molar-refractivity contribution is 1.17. The lowest BCUT2D eigenvalue weighted by atomic mass is 9.98. The maximum atomic E-state index is 5.96. The SMILES string of the molecule is Cc1ccc(-c2ncncc2-c2ccc(Cl)cc2)cc1C. The maximum absolute atomic E-state index is 5.96. The molecule has 21 heavy (non-hydrogen) atoms. The Balaban J connectivity index is 2.15. The topological polar surface area (TPSA) is 25.8 Å². The quantitative estimate of drug-likeness (QED) is 0.658. The molecule has 0 spiro atoms. The van der Waals surface area contributed by atoms with Gasteiger partial charge >= 0.3 is 0 Å². The summed E-state index contributed by atoms with van der Waals surface area (Å²) < 4.78 is 0. The molecule has 3 rings (SSSR count). The molecule has 2 nitrogen and oxygen atoms in total. The third kappa shape index (κ3) is 2.81. The minimum atomic E-state index is 0.725. The van der Waals surface area contributed by atoms with Crippen molar-refractivity contribution in [3.63, 3.8) is 0 Å². The van der Waals surface area contributed by atoms with Crippen molar-refractivity contribution in [3.8, 4) is 22.4 Å². The zero-order valence-electron chi connectivity index (χ0n) is 12.0. The van der Waals surface area contributed by atoms with Gasteiger partial charge in [0, 0.05) is 22.3 Å². The second-order valence-corrected chi connectivity index (χ2v) is 5.53. The Morgan fingerprint density at radius 3 is 2.29 bits per heavy atom. The van der Waals surface area contributed by atoms with E-state index < -0.39 is 0 Å². The van der Waals surface area contributed by atoms with Crippen molar-refractivity contribution in [2.75, 3.05) is 0 Å². The first kappa shape index (κ1) is 13.8. The Morgan fingerprint density at radius 2 is 1.57 bits per heavy atom. The van der Waals surface area contributed by atoms with Crippen LogP contribution in [0.15, 0.2) is 55.0 Å². The van der Waals surface area contributed by atoms with Crippen molar-refractivity contribution >= 4 is 11.6 Å². The highest BCUT2D eigenvalue weighted by Gasteiger charge is 2.09. The standard InChI is InChI=1S/C18H15ClN2/c1-12-3-4-15(9-13(12)2)18-17(10-20-11-21-18)14-5-7-16(19)8-6-14/h3-11H,1-2H3. The first-order chi connectivity index (χ1) is 10.1. The van der Waals surface area contributed by atoms with Gasteiger partial charge in [0.2, 0.25) is 0 Å². The van der Waals surface area contributed by atoms with Gasteiger partial charge in [-0.15, -0.1) is 0 Å². The fraction of sp³-hybridized carbons (Fsp3) is 0.111. The molecule has 1 aromatic heterocycles. The van der Waals surface area contributed by atoms with Crippen molar-refractivity contribution in [1.29, 1.82) is 0 Å². The van der Waals surface area contributed by atoms with Crippen LogP contribution >= 0.6 is 11.6 Å². The summed E-state index contributed by atoms with van der Waals surface area (Å²) in [6, 6.07) is 14.1. The minimum Gasteiger partial charge on any atom is -0.244 e. The summed E-state index contributed by atoms with van der Waals surface area (Å²) in [6.45, 7) is 4.22. The number of benzene rings is 2. The van der Waals surface area contributed by atoms with Crippen LogP contribution < -0.4 is 0 Å². The summed E-state index contributed by atoms with van der Waals surface area (Å²) in [5.41, 5.74) is 6.65. The van der Waals surface area contributed by atoms with Gasteiger partial charge in [-0.05, 0) is 48.7 Å². The molecule has 0 bridgehead atoms. The van der Waals surface area contributed by atoms with Crippen molar-refractivity contribution in [3.05, 3.63) is 71.1 Å². The molecule has 0 fully saturated rings. The molecular weight excluding hydrogens is 280 g/mol. The molecule has 0 N–H and O–H groups in total. The molecule has 0 unspecified atom stereocenters. The van der Waals surface area contributed by atoms with Crippen LogP contribution in [0.2, 0.25) is 5.02 Å². The molecule has 0 saturated heterocycles. The summed E-state index contributed by atoms with van der Waals surface area (Å²) >= 11 is 5.96. The predicted octanol–water partition coefficient (Wildman–Crippen LogP) is 5.08. The van der Waals surface area contributed by atoms with Crippen molar-refractivity contribution in [1.82, 2.24) is 9.97 Å². The van der Waals surface area contributed by atoms with E-state index in [-0.39, 0.29) is 0 Å². The number of nitrogens with zero attached hydrogens (tertiary/aromatic N) is 2. The molecule has 104 valence electrons. The first-order valence-electron chi connectivity index (χ1n) is 6.79. The van der Waals surface area contributed by atoms with E-state index in [2.05, 4.69) is 42.0 Å². The monoisotopic (exact) mass is 294 g/mol. The van der Waals surface area contributed by atoms with E-state index in [4.69, 9.17) is 11.6 Å². The van der Waals surface area contributed by atoms with Crippen molar-refractivity contribution < 1.29 is 0 Å². The van der Waals surface area contributed by atoms with E-state index >= 15 is 0 Å². The van der Waals surface area contributed by atoms with Crippen LogP contribution in [0, 0.1) is 13.8 Å². The van der Waals surface area contributed by atoms with Crippen LogP contribution in [-0.2, 0) is 0 Å². The molecule has 3 aromatic rings. The van der Waals surface area contributed by atoms with E-state index in [1.54, 1.807) is 6.33 Å². The fourth-order valence-electron chi connectivity index (χ4n) is 2.29. The summed E-state index contributed by atoms with van der Waals surface area (Å²) in [6.07, 6.45) is 3.44. The first-order valence-corrected chi connectivity index (χ1v) is 7.16. The molecule has 0 saturated carbocycles. The Morgan fingerprint density at radius 1 is 0.857 bits per heavy atom. The van der Waals surface area contributed by atoms with Crippen molar-refractivity contribution in [2.24, 2.45) is 0 Å². The fourth-order valence-corrected chi connectivity index (χ4v) is 2.42. The van der Waals surface area contributed by atoms with Gasteiger partial charge in [-0.25, -0.2) is 9.97 Å². The predicted molar refractivity (Wildman–Crippen MR) is 87.4 cm³/mol. The smallest absolute Gasteiger partial charge is 0.116 e. The third-order valence-corrected chi connectivity index (χ3v) is 3.90. The van der Waals surface area contributed by atoms with Crippen LogP contribution in [0.25, 0.3) is 22.4 Å². The number of rotatable bonds is 2. The Labute approximate surface area is 129 Å². The van der Waals surface area contributed by atoms with Crippen LogP contribution in [0.4, 0.5) is 0 Å². The molecule has 3 heteroatoms.